The van der Waals surface area contributed by atoms with Gasteiger partial charge in [0.1, 0.15) is 6.33 Å². The fourth-order valence-electron chi connectivity index (χ4n) is 4.43. The molecule has 3 aromatic rings. The number of ether oxygens (including phenoxy) is 1. The van der Waals surface area contributed by atoms with Crippen molar-refractivity contribution in [2.45, 2.75) is 31.5 Å². The van der Waals surface area contributed by atoms with Gasteiger partial charge in [-0.25, -0.2) is 14.3 Å². The van der Waals surface area contributed by atoms with Crippen LogP contribution in [0.4, 0.5) is 22.2 Å². The number of benzene rings is 1. The first kappa shape index (κ1) is 22.5. The average Bonchev–Trinajstić information content (AvgIpc) is 3.26. The molecule has 1 aromatic carbocycles. The Morgan fingerprint density at radius 1 is 1.24 bits per heavy atom. The highest BCUT2D eigenvalue weighted by Gasteiger charge is 2.32. The van der Waals surface area contributed by atoms with Gasteiger partial charge in [-0.3, -0.25) is 4.90 Å². The maximum Gasteiger partial charge on any atom is 0.328 e. The number of fused-ring (bicyclic) bond motifs is 1. The Hall–Kier alpha value is -3.28. The molecular formula is C23H31N9O2. The van der Waals surface area contributed by atoms with E-state index in [0.29, 0.717) is 22.9 Å². The van der Waals surface area contributed by atoms with E-state index in [4.69, 9.17) is 4.74 Å². The molecule has 11 heteroatoms. The number of hydrogen-bond acceptors (Lipinski definition) is 9. The third-order valence-electron chi connectivity index (χ3n) is 6.47. The Morgan fingerprint density at radius 3 is 2.82 bits per heavy atom. The van der Waals surface area contributed by atoms with Gasteiger partial charge in [-0.1, -0.05) is 12.1 Å². The summed E-state index contributed by atoms with van der Waals surface area (Å²) < 4.78 is 6.82. The van der Waals surface area contributed by atoms with Crippen LogP contribution in [0, 0.1) is 0 Å². The highest BCUT2D eigenvalue weighted by Crippen LogP contribution is 2.25. The molecule has 180 valence electrons. The van der Waals surface area contributed by atoms with E-state index in [1.165, 1.54) is 16.5 Å². The molecular weight excluding hydrogens is 434 g/mol. The number of amides is 1. The minimum atomic E-state index is -0.279. The minimum absolute atomic E-state index is 0.00317. The van der Waals surface area contributed by atoms with Crippen molar-refractivity contribution < 1.29 is 9.53 Å². The van der Waals surface area contributed by atoms with E-state index >= 15 is 0 Å². The second kappa shape index (κ2) is 9.92. The molecule has 34 heavy (non-hydrogen) atoms. The molecule has 3 heterocycles. The SMILES string of the molecule is CNc1nc(Nc2cccc(CN3CCNCC3)c2)nc2c1ncn2C(=O)N[C@@H]1CC[C@H]1OC. The lowest BCUT2D eigenvalue weighted by molar-refractivity contribution is 0.0110. The van der Waals surface area contributed by atoms with Crippen LogP contribution in [0.25, 0.3) is 11.2 Å². The van der Waals surface area contributed by atoms with E-state index in [1.54, 1.807) is 14.2 Å². The Balaban J connectivity index is 1.37. The third kappa shape index (κ3) is 4.67. The predicted octanol–water partition coefficient (Wildman–Crippen LogP) is 1.75. The smallest absolute Gasteiger partial charge is 0.328 e. The van der Waals surface area contributed by atoms with Crippen LogP contribution in [0.5, 0.6) is 0 Å². The molecule has 2 aliphatic rings. The van der Waals surface area contributed by atoms with E-state index in [9.17, 15) is 4.79 Å². The number of anilines is 3. The summed E-state index contributed by atoms with van der Waals surface area (Å²) in [6.07, 6.45) is 3.37. The Morgan fingerprint density at radius 2 is 2.09 bits per heavy atom. The van der Waals surface area contributed by atoms with Crippen LogP contribution >= 0.6 is 0 Å². The minimum Gasteiger partial charge on any atom is -0.379 e. The van der Waals surface area contributed by atoms with Crippen molar-refractivity contribution in [1.82, 2.24) is 35.1 Å². The number of nitrogens with zero attached hydrogens (tertiary/aromatic N) is 5. The molecule has 2 aromatic heterocycles. The molecule has 2 atom stereocenters. The summed E-state index contributed by atoms with van der Waals surface area (Å²) in [6.45, 7) is 5.02. The van der Waals surface area contributed by atoms with Crippen LogP contribution in [0.3, 0.4) is 0 Å². The number of aromatic nitrogens is 4. The van der Waals surface area contributed by atoms with E-state index in [-0.39, 0.29) is 18.2 Å². The second-order valence-corrected chi connectivity index (χ2v) is 8.69. The zero-order chi connectivity index (χ0) is 23.5. The van der Waals surface area contributed by atoms with Crippen LogP contribution in [0.15, 0.2) is 30.6 Å². The lowest BCUT2D eigenvalue weighted by Crippen LogP contribution is -2.52. The second-order valence-electron chi connectivity index (χ2n) is 8.69. The number of hydrogen-bond donors (Lipinski definition) is 4. The molecule has 1 aliphatic carbocycles. The molecule has 0 radical (unpaired) electrons. The standard InChI is InChI=1S/C23H31N9O2/c1-24-20-19-21(32(14-26-19)23(33)28-17-6-7-18(17)34-2)30-22(29-20)27-16-5-3-4-15(12-16)13-31-10-8-25-9-11-31/h3-5,12,14,17-18,25H,6-11,13H2,1-2H3,(H,28,33)(H2,24,27,29,30)/t17-,18-/m1/s1. The monoisotopic (exact) mass is 465 g/mol. The summed E-state index contributed by atoms with van der Waals surface area (Å²) in [5, 5.41) is 12.8. The quantitative estimate of drug-likeness (QED) is 0.413. The fourth-order valence-corrected chi connectivity index (χ4v) is 4.43. The third-order valence-corrected chi connectivity index (χ3v) is 6.47. The van der Waals surface area contributed by atoms with Gasteiger partial charge in [-0.05, 0) is 30.5 Å². The number of carbonyl (C=O) groups is 1. The maximum absolute atomic E-state index is 12.9. The molecule has 0 spiro atoms. The summed E-state index contributed by atoms with van der Waals surface area (Å²) in [4.78, 5) is 28.9. The van der Waals surface area contributed by atoms with E-state index in [0.717, 1.165) is 51.3 Å². The molecule has 1 saturated heterocycles. The summed E-state index contributed by atoms with van der Waals surface area (Å²) >= 11 is 0. The first-order chi connectivity index (χ1) is 16.6. The first-order valence-electron chi connectivity index (χ1n) is 11.7. The predicted molar refractivity (Wildman–Crippen MR) is 130 cm³/mol. The molecule has 5 rings (SSSR count). The van der Waals surface area contributed by atoms with Crippen molar-refractivity contribution in [2.75, 3.05) is 51.0 Å². The summed E-state index contributed by atoms with van der Waals surface area (Å²) in [7, 11) is 3.44. The van der Waals surface area contributed by atoms with E-state index in [1.807, 2.05) is 12.1 Å². The zero-order valence-corrected chi connectivity index (χ0v) is 19.5. The lowest BCUT2D eigenvalue weighted by Gasteiger charge is -2.35. The van der Waals surface area contributed by atoms with Gasteiger partial charge in [0.15, 0.2) is 17.0 Å². The topological polar surface area (TPSA) is 121 Å². The van der Waals surface area contributed by atoms with Crippen molar-refractivity contribution in [1.29, 1.82) is 0 Å². The van der Waals surface area contributed by atoms with Crippen molar-refractivity contribution in [3.63, 3.8) is 0 Å². The van der Waals surface area contributed by atoms with Gasteiger partial charge in [-0.15, -0.1) is 0 Å². The Bertz CT molecular complexity index is 1160. The van der Waals surface area contributed by atoms with Gasteiger partial charge in [0.25, 0.3) is 0 Å². The number of methoxy groups -OCH3 is 1. The molecule has 1 amide bonds. The van der Waals surface area contributed by atoms with Gasteiger partial charge in [-0.2, -0.15) is 9.97 Å². The van der Waals surface area contributed by atoms with E-state index in [2.05, 4.69) is 53.3 Å². The van der Waals surface area contributed by atoms with E-state index < -0.39 is 0 Å². The first-order valence-corrected chi connectivity index (χ1v) is 11.7. The van der Waals surface area contributed by atoms with Gasteiger partial charge < -0.3 is 26.0 Å². The molecule has 0 unspecified atom stereocenters. The lowest BCUT2D eigenvalue weighted by atomic mass is 9.89. The van der Waals surface area contributed by atoms with Gasteiger partial charge in [0, 0.05) is 52.6 Å². The Kier molecular flexibility index (Phi) is 6.57. The van der Waals surface area contributed by atoms with Crippen molar-refractivity contribution in [3.8, 4) is 0 Å². The molecule has 1 aliphatic heterocycles. The average molecular weight is 466 g/mol. The number of carbonyl (C=O) groups excluding carboxylic acids is 1. The molecule has 2 fully saturated rings. The van der Waals surface area contributed by atoms with Gasteiger partial charge in [0.05, 0.1) is 12.1 Å². The van der Waals surface area contributed by atoms with Crippen LogP contribution < -0.4 is 21.3 Å². The molecule has 11 nitrogen and oxygen atoms in total. The largest absolute Gasteiger partial charge is 0.379 e. The summed E-state index contributed by atoms with van der Waals surface area (Å²) in [5.41, 5.74) is 3.08. The number of piperazine rings is 1. The van der Waals surface area contributed by atoms with Crippen LogP contribution in [-0.2, 0) is 11.3 Å². The fraction of sp³-hybridized carbons (Fsp3) is 0.478. The van der Waals surface area contributed by atoms with Gasteiger partial charge in [0.2, 0.25) is 5.95 Å². The van der Waals surface area contributed by atoms with Gasteiger partial charge >= 0.3 is 6.03 Å². The van der Waals surface area contributed by atoms with Crippen molar-refractivity contribution >= 4 is 34.6 Å². The summed E-state index contributed by atoms with van der Waals surface area (Å²) in [5.74, 6) is 0.943. The van der Waals surface area contributed by atoms with Crippen LogP contribution in [0.2, 0.25) is 0 Å². The number of rotatable bonds is 7. The summed E-state index contributed by atoms with van der Waals surface area (Å²) in [6, 6.07) is 7.97. The van der Waals surface area contributed by atoms with Crippen LogP contribution in [0.1, 0.15) is 18.4 Å². The maximum atomic E-state index is 12.9. The van der Waals surface area contributed by atoms with Crippen molar-refractivity contribution in [2.24, 2.45) is 0 Å². The number of imidazole rings is 1. The molecule has 0 bridgehead atoms. The number of nitrogens with one attached hydrogen (secondary N) is 4. The van der Waals surface area contributed by atoms with Crippen molar-refractivity contribution in [3.05, 3.63) is 36.2 Å². The Labute approximate surface area is 198 Å². The zero-order valence-electron chi connectivity index (χ0n) is 19.5. The highest BCUT2D eigenvalue weighted by atomic mass is 16.5. The van der Waals surface area contributed by atoms with Crippen LogP contribution in [-0.4, -0.2) is 82.9 Å². The highest BCUT2D eigenvalue weighted by molar-refractivity contribution is 5.92. The molecule has 1 saturated carbocycles. The normalized spacial score (nSPS) is 20.6. The molecule has 4 N–H and O–H groups in total.